The standard InChI is InChI=1S/C15H17ClFN3O/c1-15(2,10-18)20-7-5-19(6-8-20)14(21)12-4-3-11(17)9-13(12)16/h3-4,9H,5-8H2,1-2H3. The topological polar surface area (TPSA) is 47.3 Å². The summed E-state index contributed by atoms with van der Waals surface area (Å²) in [5.41, 5.74) is -0.228. The third kappa shape index (κ3) is 3.34. The van der Waals surface area contributed by atoms with Crippen molar-refractivity contribution in [2.45, 2.75) is 19.4 Å². The zero-order valence-electron chi connectivity index (χ0n) is 12.1. The molecule has 1 aliphatic heterocycles. The van der Waals surface area contributed by atoms with Crippen molar-refractivity contribution in [3.8, 4) is 6.07 Å². The maximum Gasteiger partial charge on any atom is 0.255 e. The molecule has 112 valence electrons. The average molecular weight is 310 g/mol. The van der Waals surface area contributed by atoms with E-state index >= 15 is 0 Å². The molecule has 0 radical (unpaired) electrons. The third-order valence-corrected chi connectivity index (χ3v) is 4.11. The van der Waals surface area contributed by atoms with E-state index in [0.29, 0.717) is 31.7 Å². The van der Waals surface area contributed by atoms with Gasteiger partial charge in [-0.25, -0.2) is 4.39 Å². The number of halogens is 2. The summed E-state index contributed by atoms with van der Waals surface area (Å²) < 4.78 is 13.0. The quantitative estimate of drug-likeness (QED) is 0.843. The van der Waals surface area contributed by atoms with E-state index in [1.165, 1.54) is 12.1 Å². The zero-order chi connectivity index (χ0) is 15.6. The molecule has 21 heavy (non-hydrogen) atoms. The van der Waals surface area contributed by atoms with E-state index in [1.54, 1.807) is 4.90 Å². The first kappa shape index (κ1) is 15.7. The van der Waals surface area contributed by atoms with Gasteiger partial charge in [-0.3, -0.25) is 9.69 Å². The number of nitriles is 1. The number of rotatable bonds is 2. The van der Waals surface area contributed by atoms with Crippen molar-refractivity contribution >= 4 is 17.5 Å². The van der Waals surface area contributed by atoms with Crippen LogP contribution in [-0.4, -0.2) is 47.4 Å². The second kappa shape index (κ2) is 6.00. The molecule has 0 aliphatic carbocycles. The molecule has 0 saturated carbocycles. The monoisotopic (exact) mass is 309 g/mol. The van der Waals surface area contributed by atoms with Crippen LogP contribution < -0.4 is 0 Å². The molecule has 1 amide bonds. The zero-order valence-corrected chi connectivity index (χ0v) is 12.8. The molecule has 0 aromatic heterocycles. The minimum atomic E-state index is -0.539. The summed E-state index contributed by atoms with van der Waals surface area (Å²) in [5, 5.41) is 9.26. The van der Waals surface area contributed by atoms with Crippen LogP contribution in [0.1, 0.15) is 24.2 Å². The molecule has 1 fully saturated rings. The van der Waals surface area contributed by atoms with E-state index in [-0.39, 0.29) is 10.9 Å². The summed E-state index contributed by atoms with van der Waals surface area (Å²) in [7, 11) is 0. The number of hydrogen-bond acceptors (Lipinski definition) is 3. The Morgan fingerprint density at radius 2 is 1.95 bits per heavy atom. The van der Waals surface area contributed by atoms with Crippen LogP contribution in [0.3, 0.4) is 0 Å². The number of amides is 1. The van der Waals surface area contributed by atoms with Crippen molar-refractivity contribution in [2.24, 2.45) is 0 Å². The molecule has 0 unspecified atom stereocenters. The van der Waals surface area contributed by atoms with Gasteiger partial charge in [-0.05, 0) is 32.0 Å². The normalized spacial score (nSPS) is 16.6. The molecule has 6 heteroatoms. The fraction of sp³-hybridized carbons (Fsp3) is 0.467. The number of benzene rings is 1. The van der Waals surface area contributed by atoms with Crippen molar-refractivity contribution in [3.05, 3.63) is 34.6 Å². The van der Waals surface area contributed by atoms with Crippen LogP contribution in [0, 0.1) is 17.1 Å². The Kier molecular flexibility index (Phi) is 4.50. The van der Waals surface area contributed by atoms with Crippen LogP contribution in [0.2, 0.25) is 5.02 Å². The Labute approximate surface area is 128 Å². The van der Waals surface area contributed by atoms with Gasteiger partial charge >= 0.3 is 0 Å². The summed E-state index contributed by atoms with van der Waals surface area (Å²) in [6.45, 7) is 6.04. The highest BCUT2D eigenvalue weighted by molar-refractivity contribution is 6.33. The lowest BCUT2D eigenvalue weighted by Crippen LogP contribution is -2.55. The van der Waals surface area contributed by atoms with E-state index in [0.717, 1.165) is 6.07 Å². The second-order valence-corrected chi connectivity index (χ2v) is 5.98. The van der Waals surface area contributed by atoms with Gasteiger partial charge in [-0.15, -0.1) is 0 Å². The molecule has 1 heterocycles. The third-order valence-electron chi connectivity index (χ3n) is 3.79. The molecule has 0 N–H and O–H groups in total. The number of hydrogen-bond donors (Lipinski definition) is 0. The Morgan fingerprint density at radius 3 is 2.48 bits per heavy atom. The van der Waals surface area contributed by atoms with E-state index in [1.807, 2.05) is 18.7 Å². The number of nitrogens with zero attached hydrogens (tertiary/aromatic N) is 3. The smallest absolute Gasteiger partial charge is 0.255 e. The van der Waals surface area contributed by atoms with E-state index < -0.39 is 11.4 Å². The SMILES string of the molecule is CC(C)(C#N)N1CCN(C(=O)c2ccc(F)cc2Cl)CC1. The van der Waals surface area contributed by atoms with E-state index in [4.69, 9.17) is 16.9 Å². The minimum absolute atomic E-state index is 0.125. The largest absolute Gasteiger partial charge is 0.336 e. The fourth-order valence-electron chi connectivity index (χ4n) is 2.37. The van der Waals surface area contributed by atoms with Gasteiger partial charge in [0.15, 0.2) is 0 Å². The minimum Gasteiger partial charge on any atom is -0.336 e. The molecule has 1 aromatic rings. The summed E-state index contributed by atoms with van der Waals surface area (Å²) in [6.07, 6.45) is 0. The van der Waals surface area contributed by atoms with E-state index in [2.05, 4.69) is 6.07 Å². The Morgan fingerprint density at radius 1 is 1.33 bits per heavy atom. The van der Waals surface area contributed by atoms with Crippen LogP contribution in [-0.2, 0) is 0 Å². The van der Waals surface area contributed by atoms with Gasteiger partial charge in [0.25, 0.3) is 5.91 Å². The fourth-order valence-corrected chi connectivity index (χ4v) is 2.62. The van der Waals surface area contributed by atoms with Crippen molar-refractivity contribution in [1.29, 1.82) is 5.26 Å². The van der Waals surface area contributed by atoms with Gasteiger partial charge in [-0.1, -0.05) is 11.6 Å². The predicted octanol–water partition coefficient (Wildman–Crippen LogP) is 2.54. The van der Waals surface area contributed by atoms with Crippen LogP contribution in [0.15, 0.2) is 18.2 Å². The first-order valence-corrected chi connectivity index (χ1v) is 7.13. The van der Waals surface area contributed by atoms with E-state index in [9.17, 15) is 9.18 Å². The highest BCUT2D eigenvalue weighted by Gasteiger charge is 2.31. The molecule has 0 spiro atoms. The van der Waals surface area contributed by atoms with Crippen LogP contribution >= 0.6 is 11.6 Å². The lowest BCUT2D eigenvalue weighted by atomic mass is 10.0. The van der Waals surface area contributed by atoms with Crippen LogP contribution in [0.4, 0.5) is 4.39 Å². The summed E-state index contributed by atoms with van der Waals surface area (Å²) in [4.78, 5) is 16.1. The maximum atomic E-state index is 13.0. The highest BCUT2D eigenvalue weighted by Crippen LogP contribution is 2.21. The average Bonchev–Trinajstić information content (AvgIpc) is 2.47. The van der Waals surface area contributed by atoms with Gasteiger partial charge < -0.3 is 4.90 Å². The van der Waals surface area contributed by atoms with Gasteiger partial charge in [-0.2, -0.15) is 5.26 Å². The highest BCUT2D eigenvalue weighted by atomic mass is 35.5. The second-order valence-electron chi connectivity index (χ2n) is 5.57. The first-order valence-electron chi connectivity index (χ1n) is 6.76. The Balaban J connectivity index is 2.06. The van der Waals surface area contributed by atoms with Gasteiger partial charge in [0.2, 0.25) is 0 Å². The van der Waals surface area contributed by atoms with Crippen molar-refractivity contribution in [1.82, 2.24) is 9.80 Å². The predicted molar refractivity (Wildman–Crippen MR) is 78.6 cm³/mol. The maximum absolute atomic E-state index is 13.0. The molecule has 1 aliphatic rings. The summed E-state index contributed by atoms with van der Waals surface area (Å²) in [6, 6.07) is 6.04. The molecule has 0 bridgehead atoms. The molecule has 0 atom stereocenters. The Bertz CT molecular complexity index is 589. The van der Waals surface area contributed by atoms with Gasteiger partial charge in [0.05, 0.1) is 16.7 Å². The lowest BCUT2D eigenvalue weighted by molar-refractivity contribution is 0.0521. The number of carbonyl (C=O) groups is 1. The molecular weight excluding hydrogens is 293 g/mol. The molecule has 4 nitrogen and oxygen atoms in total. The Hall–Kier alpha value is -1.64. The van der Waals surface area contributed by atoms with Crippen LogP contribution in [0.25, 0.3) is 0 Å². The summed E-state index contributed by atoms with van der Waals surface area (Å²) >= 11 is 5.93. The van der Waals surface area contributed by atoms with Crippen LogP contribution in [0.5, 0.6) is 0 Å². The first-order chi connectivity index (χ1) is 9.85. The number of piperazine rings is 1. The molecule has 1 saturated heterocycles. The van der Waals surface area contributed by atoms with Crippen molar-refractivity contribution < 1.29 is 9.18 Å². The van der Waals surface area contributed by atoms with Gasteiger partial charge in [0, 0.05) is 26.2 Å². The van der Waals surface area contributed by atoms with Crippen molar-refractivity contribution in [2.75, 3.05) is 26.2 Å². The lowest BCUT2D eigenvalue weighted by Gasteiger charge is -2.40. The van der Waals surface area contributed by atoms with Gasteiger partial charge in [0.1, 0.15) is 11.4 Å². The molecular formula is C15H17ClFN3O. The molecule has 2 rings (SSSR count). The summed E-state index contributed by atoms with van der Waals surface area (Å²) in [5.74, 6) is -0.661. The van der Waals surface area contributed by atoms with Crippen molar-refractivity contribution in [3.63, 3.8) is 0 Å². The molecule has 1 aromatic carbocycles. The number of carbonyl (C=O) groups excluding carboxylic acids is 1.